The van der Waals surface area contributed by atoms with E-state index >= 15 is 0 Å². The van der Waals surface area contributed by atoms with Crippen LogP contribution in [0.2, 0.25) is 0 Å². The summed E-state index contributed by atoms with van der Waals surface area (Å²) in [6.07, 6.45) is 0.910. The zero-order valence-corrected chi connectivity index (χ0v) is 14.5. The first kappa shape index (κ1) is 17.7. The number of hydrogen-bond acceptors (Lipinski definition) is 3. The summed E-state index contributed by atoms with van der Waals surface area (Å²) in [5.74, 6) is 1.84. The lowest BCUT2D eigenvalue weighted by atomic mass is 10.1. The van der Waals surface area contributed by atoms with E-state index in [0.717, 1.165) is 18.5 Å². The first-order valence-electron chi connectivity index (χ1n) is 7.92. The van der Waals surface area contributed by atoms with Gasteiger partial charge in [0.15, 0.2) is 17.5 Å². The van der Waals surface area contributed by atoms with Crippen molar-refractivity contribution < 1.29 is 9.47 Å². The molecule has 3 N–H and O–H groups in total. The van der Waals surface area contributed by atoms with Crippen molar-refractivity contribution in [2.75, 3.05) is 20.8 Å². The van der Waals surface area contributed by atoms with E-state index in [1.807, 2.05) is 18.2 Å². The van der Waals surface area contributed by atoms with Crippen LogP contribution < -0.4 is 20.5 Å². The van der Waals surface area contributed by atoms with Gasteiger partial charge in [-0.15, -0.1) is 0 Å². The summed E-state index contributed by atoms with van der Waals surface area (Å²) in [4.78, 5) is 4.36. The third kappa shape index (κ3) is 5.19. The van der Waals surface area contributed by atoms with Gasteiger partial charge >= 0.3 is 0 Å². The molecule has 0 spiro atoms. The Morgan fingerprint density at radius 3 is 2.33 bits per heavy atom. The molecule has 0 bridgehead atoms. The molecule has 0 radical (unpaired) electrons. The maximum absolute atomic E-state index is 5.92. The van der Waals surface area contributed by atoms with E-state index in [1.165, 1.54) is 11.1 Å². The largest absolute Gasteiger partial charge is 0.493 e. The Balaban J connectivity index is 1.84. The summed E-state index contributed by atoms with van der Waals surface area (Å²) in [5.41, 5.74) is 9.47. The summed E-state index contributed by atoms with van der Waals surface area (Å²) in [6, 6.07) is 14.2. The summed E-state index contributed by atoms with van der Waals surface area (Å²) in [6.45, 7) is 3.33. The lowest BCUT2D eigenvalue weighted by Gasteiger charge is -2.09. The molecule has 0 atom stereocenters. The van der Waals surface area contributed by atoms with E-state index in [4.69, 9.17) is 15.2 Å². The fourth-order valence-corrected chi connectivity index (χ4v) is 2.30. The van der Waals surface area contributed by atoms with Crippen molar-refractivity contribution in [3.05, 3.63) is 59.2 Å². The number of guanidine groups is 1. The minimum atomic E-state index is 0.442. The molecule has 0 aliphatic rings. The number of benzene rings is 2. The Bertz CT molecular complexity index is 682. The first-order chi connectivity index (χ1) is 11.6. The van der Waals surface area contributed by atoms with Crippen LogP contribution in [0.15, 0.2) is 47.5 Å². The van der Waals surface area contributed by atoms with E-state index < -0.39 is 0 Å². The number of nitrogens with one attached hydrogen (secondary N) is 1. The maximum Gasteiger partial charge on any atom is 0.188 e. The fraction of sp³-hybridized carbons (Fsp3) is 0.316. The molecule has 0 aliphatic carbocycles. The van der Waals surface area contributed by atoms with Crippen molar-refractivity contribution >= 4 is 5.96 Å². The smallest absolute Gasteiger partial charge is 0.188 e. The van der Waals surface area contributed by atoms with Gasteiger partial charge in [-0.05, 0) is 36.6 Å². The summed E-state index contributed by atoms with van der Waals surface area (Å²) < 4.78 is 10.5. The number of methoxy groups -OCH3 is 2. The second kappa shape index (κ2) is 8.82. The Morgan fingerprint density at radius 2 is 1.67 bits per heavy atom. The van der Waals surface area contributed by atoms with E-state index in [-0.39, 0.29) is 0 Å². The zero-order valence-electron chi connectivity index (χ0n) is 14.5. The second-order valence-electron chi connectivity index (χ2n) is 5.55. The predicted molar refractivity (Wildman–Crippen MR) is 97.8 cm³/mol. The lowest BCUT2D eigenvalue weighted by Crippen LogP contribution is -2.33. The predicted octanol–water partition coefficient (Wildman–Crippen LogP) is 2.66. The maximum atomic E-state index is 5.92. The highest BCUT2D eigenvalue weighted by molar-refractivity contribution is 5.77. The third-order valence-corrected chi connectivity index (χ3v) is 3.72. The van der Waals surface area contributed by atoms with E-state index in [0.29, 0.717) is 24.0 Å². The Hall–Kier alpha value is -2.69. The molecule has 5 nitrogen and oxygen atoms in total. The monoisotopic (exact) mass is 327 g/mol. The summed E-state index contributed by atoms with van der Waals surface area (Å²) >= 11 is 0. The highest BCUT2D eigenvalue weighted by atomic mass is 16.5. The van der Waals surface area contributed by atoms with Gasteiger partial charge in [0, 0.05) is 6.54 Å². The van der Waals surface area contributed by atoms with Crippen LogP contribution in [0.4, 0.5) is 0 Å². The van der Waals surface area contributed by atoms with Crippen molar-refractivity contribution in [1.82, 2.24) is 5.32 Å². The molecule has 0 unspecified atom stereocenters. The van der Waals surface area contributed by atoms with E-state index in [1.54, 1.807) is 14.2 Å². The minimum Gasteiger partial charge on any atom is -0.493 e. The zero-order chi connectivity index (χ0) is 17.4. The molecule has 0 aliphatic heterocycles. The van der Waals surface area contributed by atoms with Gasteiger partial charge in [-0.25, -0.2) is 4.99 Å². The Morgan fingerprint density at radius 1 is 1.00 bits per heavy atom. The van der Waals surface area contributed by atoms with Crippen molar-refractivity contribution in [1.29, 1.82) is 0 Å². The van der Waals surface area contributed by atoms with Gasteiger partial charge < -0.3 is 20.5 Å². The fourth-order valence-electron chi connectivity index (χ4n) is 2.30. The van der Waals surface area contributed by atoms with Gasteiger partial charge in [-0.3, -0.25) is 0 Å². The van der Waals surface area contributed by atoms with Gasteiger partial charge in [0.25, 0.3) is 0 Å². The summed E-state index contributed by atoms with van der Waals surface area (Å²) in [5, 5.41) is 3.14. The minimum absolute atomic E-state index is 0.442. The molecule has 0 fully saturated rings. The number of rotatable bonds is 7. The van der Waals surface area contributed by atoms with Crippen molar-refractivity contribution in [2.24, 2.45) is 10.7 Å². The highest BCUT2D eigenvalue weighted by Gasteiger charge is 2.04. The molecule has 2 aromatic carbocycles. The van der Waals surface area contributed by atoms with Crippen molar-refractivity contribution in [2.45, 2.75) is 19.9 Å². The van der Waals surface area contributed by atoms with Crippen LogP contribution in [0, 0.1) is 6.92 Å². The van der Waals surface area contributed by atoms with Gasteiger partial charge in [0.2, 0.25) is 0 Å². The van der Waals surface area contributed by atoms with Crippen LogP contribution >= 0.6 is 0 Å². The van der Waals surface area contributed by atoms with Gasteiger partial charge in [-0.1, -0.05) is 35.9 Å². The number of hydrogen-bond donors (Lipinski definition) is 2. The highest BCUT2D eigenvalue weighted by Crippen LogP contribution is 2.27. The normalized spacial score (nSPS) is 11.2. The van der Waals surface area contributed by atoms with Crippen LogP contribution in [-0.4, -0.2) is 26.7 Å². The Kier molecular flexibility index (Phi) is 6.49. The topological polar surface area (TPSA) is 68.9 Å². The SMILES string of the molecule is COc1ccc(CN=C(N)NCCc2ccc(C)cc2)cc1OC. The van der Waals surface area contributed by atoms with Gasteiger partial charge in [-0.2, -0.15) is 0 Å². The average Bonchev–Trinajstić information content (AvgIpc) is 2.61. The first-order valence-corrected chi connectivity index (χ1v) is 7.92. The molecule has 0 saturated carbocycles. The number of nitrogens with zero attached hydrogens (tertiary/aromatic N) is 1. The second-order valence-corrected chi connectivity index (χ2v) is 5.55. The molecule has 2 aromatic rings. The van der Waals surface area contributed by atoms with Crippen LogP contribution in [0.25, 0.3) is 0 Å². The molecule has 0 saturated heterocycles. The number of aliphatic imine (C=N–C) groups is 1. The third-order valence-electron chi connectivity index (χ3n) is 3.72. The standard InChI is InChI=1S/C19H25N3O2/c1-14-4-6-15(7-5-14)10-11-21-19(20)22-13-16-8-9-17(23-2)18(12-16)24-3/h4-9,12H,10-11,13H2,1-3H3,(H3,20,21,22). The molecule has 24 heavy (non-hydrogen) atoms. The van der Waals surface area contributed by atoms with Crippen molar-refractivity contribution in [3.63, 3.8) is 0 Å². The van der Waals surface area contributed by atoms with Gasteiger partial charge in [0.1, 0.15) is 0 Å². The lowest BCUT2D eigenvalue weighted by molar-refractivity contribution is 0.354. The van der Waals surface area contributed by atoms with Crippen LogP contribution in [0.5, 0.6) is 11.5 Å². The Labute approximate surface area is 143 Å². The van der Waals surface area contributed by atoms with Crippen molar-refractivity contribution in [3.8, 4) is 11.5 Å². The molecule has 2 rings (SSSR count). The number of nitrogens with two attached hydrogens (primary N) is 1. The quantitative estimate of drug-likeness (QED) is 0.606. The van der Waals surface area contributed by atoms with Gasteiger partial charge in [0.05, 0.1) is 20.8 Å². The molecular formula is C19H25N3O2. The van der Waals surface area contributed by atoms with Crippen LogP contribution in [-0.2, 0) is 13.0 Å². The number of ether oxygens (including phenoxy) is 2. The molecular weight excluding hydrogens is 302 g/mol. The van der Waals surface area contributed by atoms with Crippen LogP contribution in [0.3, 0.4) is 0 Å². The average molecular weight is 327 g/mol. The van der Waals surface area contributed by atoms with E-state index in [9.17, 15) is 0 Å². The molecule has 5 heteroatoms. The number of aryl methyl sites for hydroxylation is 1. The molecule has 0 amide bonds. The molecule has 0 heterocycles. The van der Waals surface area contributed by atoms with E-state index in [2.05, 4.69) is 41.5 Å². The summed E-state index contributed by atoms with van der Waals surface area (Å²) in [7, 11) is 3.23. The van der Waals surface area contributed by atoms with Crippen LogP contribution in [0.1, 0.15) is 16.7 Å². The molecule has 0 aromatic heterocycles. The molecule has 128 valence electrons.